The molecule has 0 saturated carbocycles. The number of hydrogen-bond acceptors (Lipinski definition) is 4. The van der Waals surface area contributed by atoms with Crippen LogP contribution >= 0.6 is 15.9 Å². The number of nitro benzene ring substituents is 1. The second-order valence-corrected chi connectivity index (χ2v) is 4.57. The number of nitrogens with one attached hydrogen (secondary N) is 1. The minimum absolute atomic E-state index is 0.129. The number of pyridine rings is 1. The van der Waals surface area contributed by atoms with E-state index < -0.39 is 16.8 Å². The van der Waals surface area contributed by atoms with Gasteiger partial charge in [-0.25, -0.2) is 4.98 Å². The molecule has 6 nitrogen and oxygen atoms in total. The smallest absolute Gasteiger partial charge is 0.283 e. The molecule has 0 bridgehead atoms. The predicted octanol–water partition coefficient (Wildman–Crippen LogP) is 3.14. The summed E-state index contributed by atoms with van der Waals surface area (Å²) in [7, 11) is 0. The lowest BCUT2D eigenvalue weighted by molar-refractivity contribution is -0.385. The van der Waals surface area contributed by atoms with Gasteiger partial charge < -0.3 is 5.32 Å². The van der Waals surface area contributed by atoms with Crippen LogP contribution in [0.2, 0.25) is 0 Å². The molecule has 1 amide bonds. The van der Waals surface area contributed by atoms with Crippen molar-refractivity contribution in [1.29, 1.82) is 0 Å². The number of nitro groups is 1. The van der Waals surface area contributed by atoms with E-state index in [1.807, 2.05) is 0 Å². The van der Waals surface area contributed by atoms with E-state index in [1.165, 1.54) is 36.5 Å². The van der Waals surface area contributed by atoms with Crippen molar-refractivity contribution in [3.05, 3.63) is 62.6 Å². The summed E-state index contributed by atoms with van der Waals surface area (Å²) in [6.45, 7) is 0. The van der Waals surface area contributed by atoms with Gasteiger partial charge in [0.15, 0.2) is 0 Å². The van der Waals surface area contributed by atoms with Crippen molar-refractivity contribution in [2.24, 2.45) is 0 Å². The molecule has 2 rings (SSSR count). The topological polar surface area (TPSA) is 85.1 Å². The van der Waals surface area contributed by atoms with Crippen LogP contribution in [0.15, 0.2) is 41.0 Å². The van der Waals surface area contributed by atoms with Crippen LogP contribution in [-0.2, 0) is 0 Å². The van der Waals surface area contributed by atoms with Gasteiger partial charge in [0.05, 0.1) is 15.0 Å². The third-order valence-electron chi connectivity index (χ3n) is 2.41. The van der Waals surface area contributed by atoms with Gasteiger partial charge in [0, 0.05) is 18.0 Å². The number of anilines is 1. The van der Waals surface area contributed by atoms with Crippen LogP contribution in [0.1, 0.15) is 10.4 Å². The van der Waals surface area contributed by atoms with Gasteiger partial charge in [-0.2, -0.15) is 4.39 Å². The lowest BCUT2D eigenvalue weighted by atomic mass is 10.2. The van der Waals surface area contributed by atoms with Gasteiger partial charge in [0.2, 0.25) is 5.95 Å². The maximum absolute atomic E-state index is 13.3. The molecule has 0 aliphatic heterocycles. The first-order chi connectivity index (χ1) is 9.49. The van der Waals surface area contributed by atoms with E-state index in [4.69, 9.17) is 0 Å². The summed E-state index contributed by atoms with van der Waals surface area (Å²) in [5.41, 5.74) is -0.0340. The first-order valence-electron chi connectivity index (χ1n) is 5.35. The van der Waals surface area contributed by atoms with Gasteiger partial charge in [-0.05, 0) is 40.2 Å². The third-order valence-corrected chi connectivity index (χ3v) is 3.04. The Balaban J connectivity index is 2.23. The fourth-order valence-electron chi connectivity index (χ4n) is 1.49. The Morgan fingerprint density at radius 3 is 2.75 bits per heavy atom. The summed E-state index contributed by atoms with van der Waals surface area (Å²) < 4.78 is 13.5. The molecule has 0 aliphatic rings. The van der Waals surface area contributed by atoms with Crippen molar-refractivity contribution in [2.45, 2.75) is 0 Å². The summed E-state index contributed by atoms with van der Waals surface area (Å²) in [5, 5.41) is 13.1. The van der Waals surface area contributed by atoms with Crippen LogP contribution in [0, 0.1) is 16.1 Å². The average Bonchev–Trinajstić information content (AvgIpc) is 2.38. The van der Waals surface area contributed by atoms with Crippen molar-refractivity contribution >= 4 is 33.2 Å². The van der Waals surface area contributed by atoms with Crippen molar-refractivity contribution < 1.29 is 14.1 Å². The molecule has 0 unspecified atom stereocenters. The lowest BCUT2D eigenvalue weighted by Gasteiger charge is -2.06. The van der Waals surface area contributed by atoms with Crippen LogP contribution in [0.5, 0.6) is 0 Å². The van der Waals surface area contributed by atoms with E-state index in [0.717, 1.165) is 0 Å². The van der Waals surface area contributed by atoms with E-state index in [9.17, 15) is 19.3 Å². The highest BCUT2D eigenvalue weighted by molar-refractivity contribution is 9.10. The monoisotopic (exact) mass is 339 g/mol. The molecule has 0 spiro atoms. The number of carbonyl (C=O) groups excluding carboxylic acids is 1. The lowest BCUT2D eigenvalue weighted by Crippen LogP contribution is -2.14. The van der Waals surface area contributed by atoms with E-state index in [2.05, 4.69) is 26.2 Å². The summed E-state index contributed by atoms with van der Waals surface area (Å²) in [4.78, 5) is 25.3. The number of hydrogen-bond donors (Lipinski definition) is 1. The molecule has 2 aromatic rings. The fraction of sp³-hybridized carbons (Fsp3) is 0. The van der Waals surface area contributed by atoms with Crippen LogP contribution in [0.3, 0.4) is 0 Å². The van der Waals surface area contributed by atoms with E-state index in [1.54, 1.807) is 0 Å². The van der Waals surface area contributed by atoms with E-state index in [0.29, 0.717) is 5.69 Å². The molecule has 1 aromatic carbocycles. The average molecular weight is 340 g/mol. The first-order valence-corrected chi connectivity index (χ1v) is 6.14. The highest BCUT2D eigenvalue weighted by atomic mass is 79.9. The van der Waals surface area contributed by atoms with Gasteiger partial charge >= 0.3 is 0 Å². The minimum Gasteiger partial charge on any atom is -0.322 e. The number of benzene rings is 1. The van der Waals surface area contributed by atoms with Crippen LogP contribution < -0.4 is 5.32 Å². The molecule has 1 aromatic heterocycles. The number of rotatable bonds is 3. The van der Waals surface area contributed by atoms with Crippen molar-refractivity contribution in [1.82, 2.24) is 4.98 Å². The zero-order valence-electron chi connectivity index (χ0n) is 9.84. The van der Waals surface area contributed by atoms with E-state index >= 15 is 0 Å². The molecule has 1 N–H and O–H groups in total. The summed E-state index contributed by atoms with van der Waals surface area (Å²) in [5.74, 6) is -1.57. The van der Waals surface area contributed by atoms with Gasteiger partial charge in [0.1, 0.15) is 0 Å². The normalized spacial score (nSPS) is 10.1. The number of carbonyl (C=O) groups is 1. The second kappa shape index (κ2) is 5.74. The molecule has 8 heteroatoms. The number of aromatic nitrogens is 1. The fourth-order valence-corrected chi connectivity index (χ4v) is 2.01. The molecule has 20 heavy (non-hydrogen) atoms. The molecular formula is C12H7BrFN3O3. The van der Waals surface area contributed by atoms with Crippen LogP contribution in [0.25, 0.3) is 0 Å². The highest BCUT2D eigenvalue weighted by Crippen LogP contribution is 2.27. The largest absolute Gasteiger partial charge is 0.322 e. The van der Waals surface area contributed by atoms with Crippen molar-refractivity contribution in [3.8, 4) is 0 Å². The van der Waals surface area contributed by atoms with Crippen LogP contribution in [0.4, 0.5) is 15.8 Å². The quantitative estimate of drug-likeness (QED) is 0.528. The molecule has 0 aliphatic carbocycles. The summed E-state index contributed by atoms with van der Waals surface area (Å²) in [6, 6.07) is 6.68. The molecule has 102 valence electrons. The molecule has 1 heterocycles. The van der Waals surface area contributed by atoms with Gasteiger partial charge in [-0.3, -0.25) is 14.9 Å². The Kier molecular flexibility index (Phi) is 4.04. The van der Waals surface area contributed by atoms with Crippen LogP contribution in [-0.4, -0.2) is 15.8 Å². The summed E-state index contributed by atoms with van der Waals surface area (Å²) >= 11 is 3.03. The van der Waals surface area contributed by atoms with Gasteiger partial charge in [-0.1, -0.05) is 0 Å². The van der Waals surface area contributed by atoms with E-state index in [-0.39, 0.29) is 15.7 Å². The van der Waals surface area contributed by atoms with Crippen molar-refractivity contribution in [3.63, 3.8) is 0 Å². The zero-order chi connectivity index (χ0) is 14.7. The Morgan fingerprint density at radius 2 is 2.15 bits per heavy atom. The number of halogens is 2. The zero-order valence-corrected chi connectivity index (χ0v) is 11.4. The SMILES string of the molecule is O=C(Nc1ccc([N+](=O)[O-])c(Br)c1)c1cccnc1F. The highest BCUT2D eigenvalue weighted by Gasteiger charge is 2.15. The standard InChI is InChI=1S/C12H7BrFN3O3/c13-9-6-7(3-4-10(9)17(19)20)16-12(18)8-2-1-5-15-11(8)14/h1-6H,(H,16,18). The summed E-state index contributed by atoms with van der Waals surface area (Å²) in [6.07, 6.45) is 1.23. The van der Waals surface area contributed by atoms with Crippen molar-refractivity contribution in [2.75, 3.05) is 5.32 Å². The Hall–Kier alpha value is -2.35. The predicted molar refractivity (Wildman–Crippen MR) is 72.9 cm³/mol. The first kappa shape index (κ1) is 14.1. The molecule has 0 saturated heterocycles. The number of amides is 1. The Labute approximate surface area is 120 Å². The molecule has 0 fully saturated rings. The molecule has 0 atom stereocenters. The Morgan fingerprint density at radius 1 is 1.40 bits per heavy atom. The maximum atomic E-state index is 13.3. The molecule has 0 radical (unpaired) electrons. The third kappa shape index (κ3) is 2.97. The minimum atomic E-state index is -0.883. The van der Waals surface area contributed by atoms with Gasteiger partial charge in [-0.15, -0.1) is 0 Å². The maximum Gasteiger partial charge on any atom is 0.283 e. The number of nitrogens with zero attached hydrogens (tertiary/aromatic N) is 2. The molecular weight excluding hydrogens is 333 g/mol. The van der Waals surface area contributed by atoms with Gasteiger partial charge in [0.25, 0.3) is 11.6 Å². The second-order valence-electron chi connectivity index (χ2n) is 3.72. The Bertz CT molecular complexity index is 693.